The molecule has 0 aromatic heterocycles. The van der Waals surface area contributed by atoms with Crippen LogP contribution in [-0.4, -0.2) is 50.3 Å². The molecule has 452 valence electrons. The van der Waals surface area contributed by atoms with Gasteiger partial charge < -0.3 is 18.9 Å². The molecule has 0 N–H and O–H groups in total. The number of esters is 4. The first-order valence-electron chi connectivity index (χ1n) is 33.6. The number of carbonyl (C=O) groups is 4. The van der Waals surface area contributed by atoms with Gasteiger partial charge in [0.15, 0.2) is 0 Å². The standard InChI is InChI=1S/C35H68O4.C33H64O4/c1-4-7-9-21-25-31-38-34(36)28-24-20-18-16-14-12-11-13-15-17-19-23-27-33(6-3)29-30-35(37)39-32-26-22-10-8-5-2;1-6-31(25-26-33(35)37-28-20-22-30(4)5)23-17-15-13-11-9-7-8-10-12-14-16-18-24-32(34)36-27-19-21-29(2)3/h33H,4-32H2,1-3H3;29-31H,6-28H2,1-5H3. The van der Waals surface area contributed by atoms with Gasteiger partial charge in [-0.1, -0.05) is 274 Å². The Bertz CT molecular complexity index is 1220. The molecule has 0 heterocycles. The highest BCUT2D eigenvalue weighted by atomic mass is 16.5. The molecule has 8 nitrogen and oxygen atoms in total. The van der Waals surface area contributed by atoms with Gasteiger partial charge in [-0.15, -0.1) is 0 Å². The van der Waals surface area contributed by atoms with E-state index in [0.717, 1.165) is 77.0 Å². The van der Waals surface area contributed by atoms with Gasteiger partial charge >= 0.3 is 23.9 Å². The minimum atomic E-state index is -0.0124. The number of unbranched alkanes of at least 4 members (excludes halogenated alkanes) is 30. The average molecular weight is 1080 g/mol. The van der Waals surface area contributed by atoms with Gasteiger partial charge in [0.1, 0.15) is 0 Å². The Morgan fingerprint density at radius 1 is 0.250 bits per heavy atom. The van der Waals surface area contributed by atoms with Crippen LogP contribution < -0.4 is 0 Å². The molecule has 0 bridgehead atoms. The van der Waals surface area contributed by atoms with Crippen LogP contribution in [-0.2, 0) is 38.1 Å². The zero-order chi connectivity index (χ0) is 56.2. The topological polar surface area (TPSA) is 105 Å². The van der Waals surface area contributed by atoms with E-state index in [1.165, 1.54) is 205 Å². The molecule has 8 heteroatoms. The molecule has 0 saturated carbocycles. The Balaban J connectivity index is 0. The third-order valence-electron chi connectivity index (χ3n) is 15.6. The fourth-order valence-electron chi connectivity index (χ4n) is 10.1. The lowest BCUT2D eigenvalue weighted by atomic mass is 9.93. The van der Waals surface area contributed by atoms with Crippen LogP contribution >= 0.6 is 0 Å². The molecule has 0 aliphatic carbocycles. The van der Waals surface area contributed by atoms with E-state index >= 15 is 0 Å². The molecule has 0 rings (SSSR count). The first-order chi connectivity index (χ1) is 37.0. The highest BCUT2D eigenvalue weighted by Gasteiger charge is 2.13. The van der Waals surface area contributed by atoms with Crippen molar-refractivity contribution in [3.05, 3.63) is 0 Å². The van der Waals surface area contributed by atoms with Crippen molar-refractivity contribution in [3.8, 4) is 0 Å². The lowest BCUT2D eigenvalue weighted by Crippen LogP contribution is -2.09. The van der Waals surface area contributed by atoms with Gasteiger partial charge in [0.25, 0.3) is 0 Å². The van der Waals surface area contributed by atoms with Crippen molar-refractivity contribution in [3.63, 3.8) is 0 Å². The van der Waals surface area contributed by atoms with Crippen LogP contribution in [0.1, 0.15) is 364 Å². The van der Waals surface area contributed by atoms with E-state index in [1.54, 1.807) is 0 Å². The number of hydrogen-bond donors (Lipinski definition) is 0. The zero-order valence-electron chi connectivity index (χ0n) is 52.3. The predicted octanol–water partition coefficient (Wildman–Crippen LogP) is 21.5. The second kappa shape index (κ2) is 62.1. The van der Waals surface area contributed by atoms with E-state index < -0.39 is 0 Å². The maximum absolute atomic E-state index is 12.0. The molecule has 2 unspecified atom stereocenters. The van der Waals surface area contributed by atoms with E-state index in [0.29, 0.717) is 75.8 Å². The summed E-state index contributed by atoms with van der Waals surface area (Å²) >= 11 is 0. The number of ether oxygens (including phenoxy) is 4. The smallest absolute Gasteiger partial charge is 0.305 e. The predicted molar refractivity (Wildman–Crippen MR) is 325 cm³/mol. The van der Waals surface area contributed by atoms with Gasteiger partial charge in [-0.2, -0.15) is 0 Å². The second-order valence-corrected chi connectivity index (χ2v) is 24.0. The summed E-state index contributed by atoms with van der Waals surface area (Å²) in [6.45, 7) is 20.2. The third kappa shape index (κ3) is 62.7. The molecule has 0 aliphatic rings. The van der Waals surface area contributed by atoms with Crippen LogP contribution in [0.25, 0.3) is 0 Å². The van der Waals surface area contributed by atoms with Crippen LogP contribution in [0.5, 0.6) is 0 Å². The summed E-state index contributed by atoms with van der Waals surface area (Å²) in [5.41, 5.74) is 0. The van der Waals surface area contributed by atoms with Gasteiger partial charge in [-0.05, 0) is 87.9 Å². The molecule has 0 aliphatic heterocycles. The highest BCUT2D eigenvalue weighted by Crippen LogP contribution is 2.23. The van der Waals surface area contributed by atoms with Crippen LogP contribution in [0.2, 0.25) is 0 Å². The summed E-state index contributed by atoms with van der Waals surface area (Å²) in [6.07, 6.45) is 56.3. The minimum Gasteiger partial charge on any atom is -0.466 e. The maximum Gasteiger partial charge on any atom is 0.305 e. The molecule has 0 aromatic rings. The van der Waals surface area contributed by atoms with E-state index in [4.69, 9.17) is 18.9 Å². The Hall–Kier alpha value is -2.12. The maximum atomic E-state index is 12.0. The SMILES string of the molecule is CCC(CCCCCCCCCCCCCCC(=O)OCCCC(C)C)CCC(=O)OCCCC(C)C.CCCCCCCOC(=O)CCCCCCCCCCCCCCC(CC)CCC(=O)OCCCCCCC. The molecule has 0 fully saturated rings. The van der Waals surface area contributed by atoms with Gasteiger partial charge in [0.05, 0.1) is 26.4 Å². The van der Waals surface area contributed by atoms with Crippen molar-refractivity contribution in [1.29, 1.82) is 0 Å². The first kappa shape index (κ1) is 75.9. The summed E-state index contributed by atoms with van der Waals surface area (Å²) in [5, 5.41) is 0. The number of carbonyl (C=O) groups excluding carboxylic acids is 4. The minimum absolute atomic E-state index is 0.000731. The quantitative estimate of drug-likeness (QED) is 0.0337. The highest BCUT2D eigenvalue weighted by molar-refractivity contribution is 5.70. The first-order valence-corrected chi connectivity index (χ1v) is 33.6. The van der Waals surface area contributed by atoms with E-state index in [2.05, 4.69) is 55.4 Å². The molecule has 0 spiro atoms. The van der Waals surface area contributed by atoms with Gasteiger partial charge in [-0.3, -0.25) is 19.2 Å². The average Bonchev–Trinajstić information content (AvgIpc) is 3.40. The summed E-state index contributed by atoms with van der Waals surface area (Å²) in [4.78, 5) is 47.4. The van der Waals surface area contributed by atoms with Crippen molar-refractivity contribution in [2.24, 2.45) is 23.7 Å². The van der Waals surface area contributed by atoms with Crippen LogP contribution in [0.4, 0.5) is 0 Å². The van der Waals surface area contributed by atoms with Crippen LogP contribution in [0.15, 0.2) is 0 Å². The normalized spacial score (nSPS) is 12.1. The molecule has 0 radical (unpaired) electrons. The summed E-state index contributed by atoms with van der Waals surface area (Å²) in [7, 11) is 0. The number of hydrogen-bond acceptors (Lipinski definition) is 8. The molecule has 0 amide bonds. The largest absolute Gasteiger partial charge is 0.466 e. The van der Waals surface area contributed by atoms with E-state index in [-0.39, 0.29) is 23.9 Å². The monoisotopic (exact) mass is 1080 g/mol. The Morgan fingerprint density at radius 2 is 0.487 bits per heavy atom. The van der Waals surface area contributed by atoms with Crippen molar-refractivity contribution >= 4 is 23.9 Å². The Labute approximate surface area is 473 Å². The van der Waals surface area contributed by atoms with Crippen molar-refractivity contribution in [2.75, 3.05) is 26.4 Å². The summed E-state index contributed by atoms with van der Waals surface area (Å²) in [6, 6.07) is 0. The van der Waals surface area contributed by atoms with Crippen molar-refractivity contribution in [1.82, 2.24) is 0 Å². The number of rotatable bonds is 58. The molecule has 2 atom stereocenters. The van der Waals surface area contributed by atoms with Crippen LogP contribution in [0, 0.1) is 23.7 Å². The lowest BCUT2D eigenvalue weighted by Gasteiger charge is -2.14. The fourth-order valence-corrected chi connectivity index (χ4v) is 10.1. The third-order valence-corrected chi connectivity index (χ3v) is 15.6. The van der Waals surface area contributed by atoms with Gasteiger partial charge in [0.2, 0.25) is 0 Å². The lowest BCUT2D eigenvalue weighted by molar-refractivity contribution is -0.145. The van der Waals surface area contributed by atoms with E-state index in [9.17, 15) is 19.2 Å². The van der Waals surface area contributed by atoms with Gasteiger partial charge in [-0.25, -0.2) is 0 Å². The fraction of sp³-hybridized carbons (Fsp3) is 0.941. The summed E-state index contributed by atoms with van der Waals surface area (Å²) < 4.78 is 21.4. The second-order valence-electron chi connectivity index (χ2n) is 24.0. The molecule has 0 aromatic carbocycles. The Kier molecular flexibility index (Phi) is 62.0. The van der Waals surface area contributed by atoms with Crippen molar-refractivity contribution in [2.45, 2.75) is 364 Å². The van der Waals surface area contributed by atoms with Crippen LogP contribution in [0.3, 0.4) is 0 Å². The van der Waals surface area contributed by atoms with Gasteiger partial charge in [0, 0.05) is 25.7 Å². The Morgan fingerprint density at radius 3 is 0.763 bits per heavy atom. The molecule has 76 heavy (non-hydrogen) atoms. The van der Waals surface area contributed by atoms with Crippen molar-refractivity contribution < 1.29 is 38.1 Å². The summed E-state index contributed by atoms with van der Waals surface area (Å²) in [5.74, 6) is 2.69. The van der Waals surface area contributed by atoms with E-state index in [1.807, 2.05) is 0 Å². The molecule has 0 saturated heterocycles. The zero-order valence-corrected chi connectivity index (χ0v) is 52.3. The molecular formula is C68H132O8. The molecular weight excluding hydrogens is 945 g/mol.